The van der Waals surface area contributed by atoms with E-state index in [2.05, 4.69) is 28.6 Å². The van der Waals surface area contributed by atoms with Gasteiger partial charge in [0.15, 0.2) is 0 Å². The Bertz CT molecular complexity index is 563. The highest BCUT2D eigenvalue weighted by atomic mass is 32.1. The van der Waals surface area contributed by atoms with E-state index < -0.39 is 6.04 Å². The Morgan fingerprint density at radius 3 is 2.89 bits per heavy atom. The van der Waals surface area contributed by atoms with Crippen molar-refractivity contribution in [2.75, 3.05) is 46.0 Å². The molecule has 4 saturated heterocycles. The van der Waals surface area contributed by atoms with E-state index >= 15 is 0 Å². The predicted molar refractivity (Wildman–Crippen MR) is 97.5 cm³/mol. The molecule has 10 nitrogen and oxygen atoms in total. The van der Waals surface area contributed by atoms with Gasteiger partial charge in [-0.15, -0.1) is 0 Å². The van der Waals surface area contributed by atoms with Gasteiger partial charge < -0.3 is 15.0 Å². The molecule has 152 valence electrons. The molecule has 2 bridgehead atoms. The number of ether oxygens (including phenoxy) is 1. The SMILES string of the molecule is O=C(NOC[C@H]1C[C@@H](N2CCOCC2)CN1)C1CCC2CN1C(=O)N2OS. The number of fused-ring (bicyclic) bond motifs is 2. The van der Waals surface area contributed by atoms with Crippen molar-refractivity contribution in [2.24, 2.45) is 0 Å². The normalized spacial score (nSPS) is 34.3. The van der Waals surface area contributed by atoms with Crippen LogP contribution in [0.1, 0.15) is 19.3 Å². The Hall–Kier alpha value is -1.11. The van der Waals surface area contributed by atoms with E-state index in [0.717, 1.165) is 39.3 Å². The zero-order chi connectivity index (χ0) is 18.8. The van der Waals surface area contributed by atoms with Crippen LogP contribution in [-0.2, 0) is 18.7 Å². The summed E-state index contributed by atoms with van der Waals surface area (Å²) in [5, 5.41) is 4.68. The van der Waals surface area contributed by atoms with E-state index in [0.29, 0.717) is 32.0 Å². The first kappa shape index (κ1) is 19.2. The fourth-order valence-electron chi connectivity index (χ4n) is 4.44. The fourth-order valence-corrected chi connectivity index (χ4v) is 4.64. The molecule has 11 heteroatoms. The van der Waals surface area contributed by atoms with Gasteiger partial charge in [0, 0.05) is 51.2 Å². The quantitative estimate of drug-likeness (QED) is 0.303. The fraction of sp³-hybridized carbons (Fsp3) is 0.875. The number of hydrogen-bond acceptors (Lipinski definition) is 8. The van der Waals surface area contributed by atoms with Gasteiger partial charge in [0.05, 0.1) is 25.9 Å². The molecule has 4 fully saturated rings. The van der Waals surface area contributed by atoms with Gasteiger partial charge in [-0.25, -0.2) is 14.6 Å². The number of urea groups is 1. The largest absolute Gasteiger partial charge is 0.379 e. The topological polar surface area (TPSA) is 95.6 Å². The molecule has 4 rings (SSSR count). The van der Waals surface area contributed by atoms with Gasteiger partial charge in [-0.05, 0) is 19.3 Å². The third kappa shape index (κ3) is 4.03. The van der Waals surface area contributed by atoms with Crippen molar-refractivity contribution in [1.29, 1.82) is 0 Å². The van der Waals surface area contributed by atoms with E-state index in [1.807, 2.05) is 0 Å². The lowest BCUT2D eigenvalue weighted by Crippen LogP contribution is -2.50. The molecule has 0 aromatic carbocycles. The minimum Gasteiger partial charge on any atom is -0.379 e. The van der Waals surface area contributed by atoms with Gasteiger partial charge in [0.25, 0.3) is 5.91 Å². The van der Waals surface area contributed by atoms with E-state index in [1.165, 1.54) is 9.96 Å². The minimum absolute atomic E-state index is 0.0419. The van der Waals surface area contributed by atoms with Gasteiger partial charge >= 0.3 is 6.03 Å². The zero-order valence-corrected chi connectivity index (χ0v) is 16.1. The first-order valence-electron chi connectivity index (χ1n) is 9.55. The molecule has 4 atom stereocenters. The number of carbonyl (C=O) groups is 2. The summed E-state index contributed by atoms with van der Waals surface area (Å²) in [6.45, 7) is 5.33. The van der Waals surface area contributed by atoms with Crippen molar-refractivity contribution in [1.82, 2.24) is 25.7 Å². The summed E-state index contributed by atoms with van der Waals surface area (Å²) in [5.74, 6) is -0.287. The maximum absolute atomic E-state index is 12.5. The van der Waals surface area contributed by atoms with Crippen LogP contribution >= 0.6 is 12.9 Å². The summed E-state index contributed by atoms with van der Waals surface area (Å²) >= 11 is 3.73. The standard InChI is InChI=1S/C16H27N5O5S/c22-15(14-2-1-12-9-20(14)16(23)21(12)26-27)18-25-10-11-7-13(8-17-11)19-3-5-24-6-4-19/h11-14,17,27H,1-10H2,(H,18,22)/t11-,12?,13-,14?/m1/s1. The van der Waals surface area contributed by atoms with E-state index in [1.54, 1.807) is 0 Å². The van der Waals surface area contributed by atoms with Crippen LogP contribution in [0.4, 0.5) is 4.79 Å². The van der Waals surface area contributed by atoms with Crippen LogP contribution in [0.15, 0.2) is 0 Å². The van der Waals surface area contributed by atoms with Crippen LogP contribution in [0, 0.1) is 0 Å². The van der Waals surface area contributed by atoms with Crippen molar-refractivity contribution in [3.05, 3.63) is 0 Å². The predicted octanol–water partition coefficient (Wildman–Crippen LogP) is -0.858. The molecule has 0 radical (unpaired) electrons. The number of amides is 3. The monoisotopic (exact) mass is 401 g/mol. The van der Waals surface area contributed by atoms with Crippen molar-refractivity contribution < 1.29 is 23.4 Å². The van der Waals surface area contributed by atoms with Gasteiger partial charge in [-0.1, -0.05) is 0 Å². The van der Waals surface area contributed by atoms with Crippen LogP contribution < -0.4 is 10.8 Å². The Labute approximate surface area is 164 Å². The van der Waals surface area contributed by atoms with Crippen molar-refractivity contribution in [3.8, 4) is 0 Å². The number of morpholine rings is 1. The molecule has 4 aliphatic heterocycles. The number of piperidine rings is 1. The molecule has 0 saturated carbocycles. The van der Waals surface area contributed by atoms with E-state index in [-0.39, 0.29) is 24.0 Å². The highest BCUT2D eigenvalue weighted by molar-refractivity contribution is 7.75. The summed E-state index contributed by atoms with van der Waals surface area (Å²) in [7, 11) is 0. The summed E-state index contributed by atoms with van der Waals surface area (Å²) in [6.07, 6.45) is 2.27. The Balaban J connectivity index is 1.20. The molecular weight excluding hydrogens is 374 g/mol. The van der Waals surface area contributed by atoms with Crippen molar-refractivity contribution in [3.63, 3.8) is 0 Å². The average molecular weight is 401 g/mol. The second kappa shape index (κ2) is 8.50. The number of nitrogens with one attached hydrogen (secondary N) is 2. The molecule has 3 amide bonds. The molecule has 0 aromatic rings. The Morgan fingerprint density at radius 2 is 2.11 bits per heavy atom. The van der Waals surface area contributed by atoms with Gasteiger partial charge in [0.2, 0.25) is 0 Å². The highest BCUT2D eigenvalue weighted by Gasteiger charge is 2.48. The minimum atomic E-state index is -0.528. The number of hydrogen-bond donors (Lipinski definition) is 3. The molecule has 2 unspecified atom stereocenters. The molecule has 0 spiro atoms. The van der Waals surface area contributed by atoms with Gasteiger partial charge in [0.1, 0.15) is 6.04 Å². The number of carbonyl (C=O) groups excluding carboxylic acids is 2. The van der Waals surface area contributed by atoms with Crippen LogP contribution in [0.3, 0.4) is 0 Å². The second-order valence-electron chi connectivity index (χ2n) is 7.51. The molecule has 4 aliphatic rings. The van der Waals surface area contributed by atoms with Crippen molar-refractivity contribution >= 4 is 24.8 Å². The van der Waals surface area contributed by atoms with Gasteiger partial charge in [-0.3, -0.25) is 14.5 Å². The molecular formula is C16H27N5O5S. The molecule has 4 heterocycles. The maximum atomic E-state index is 12.5. The summed E-state index contributed by atoms with van der Waals surface area (Å²) in [4.78, 5) is 34.1. The number of hydroxylamine groups is 3. The van der Waals surface area contributed by atoms with E-state index in [4.69, 9.17) is 13.9 Å². The third-order valence-electron chi connectivity index (χ3n) is 5.93. The lowest BCUT2D eigenvalue weighted by molar-refractivity contribution is -0.139. The van der Waals surface area contributed by atoms with Crippen LogP contribution in [-0.4, -0.2) is 97.0 Å². The molecule has 0 aliphatic carbocycles. The lowest BCUT2D eigenvalue weighted by Gasteiger charge is -2.31. The second-order valence-corrected chi connectivity index (χ2v) is 7.67. The molecule has 2 N–H and O–H groups in total. The third-order valence-corrected chi connectivity index (χ3v) is 6.11. The number of thiol groups is 1. The Morgan fingerprint density at radius 1 is 1.30 bits per heavy atom. The first-order chi connectivity index (χ1) is 13.2. The first-order valence-corrected chi connectivity index (χ1v) is 9.92. The number of rotatable bonds is 6. The summed E-state index contributed by atoms with van der Waals surface area (Å²) in [6, 6.07) is -0.198. The molecule has 27 heavy (non-hydrogen) atoms. The average Bonchev–Trinajstić information content (AvgIpc) is 3.26. The van der Waals surface area contributed by atoms with E-state index in [9.17, 15) is 9.59 Å². The summed E-state index contributed by atoms with van der Waals surface area (Å²) < 4.78 is 10.2. The Kier molecular flexibility index (Phi) is 6.05. The summed E-state index contributed by atoms with van der Waals surface area (Å²) in [5.41, 5.74) is 2.53. The highest BCUT2D eigenvalue weighted by Crippen LogP contribution is 2.30. The van der Waals surface area contributed by atoms with Crippen molar-refractivity contribution in [2.45, 2.75) is 43.4 Å². The lowest BCUT2D eigenvalue weighted by atomic mass is 10.0. The maximum Gasteiger partial charge on any atom is 0.345 e. The molecule has 0 aromatic heterocycles. The van der Waals surface area contributed by atoms with Gasteiger partial charge in [-0.2, -0.15) is 5.06 Å². The van der Waals surface area contributed by atoms with Crippen LogP contribution in [0.5, 0.6) is 0 Å². The zero-order valence-electron chi connectivity index (χ0n) is 15.2. The smallest absolute Gasteiger partial charge is 0.345 e. The van der Waals surface area contributed by atoms with Crippen LogP contribution in [0.2, 0.25) is 0 Å². The van der Waals surface area contributed by atoms with Crippen LogP contribution in [0.25, 0.3) is 0 Å². The number of nitrogens with zero attached hydrogens (tertiary/aromatic N) is 3.